The van der Waals surface area contributed by atoms with E-state index in [1.54, 1.807) is 7.11 Å². The Kier molecular flexibility index (Phi) is 6.34. The van der Waals surface area contributed by atoms with Crippen molar-refractivity contribution in [3.8, 4) is 5.75 Å². The molecule has 0 heterocycles. The highest BCUT2D eigenvalue weighted by Gasteiger charge is 2.09. The maximum atomic E-state index is 6.00. The van der Waals surface area contributed by atoms with Gasteiger partial charge in [0.05, 0.1) is 7.11 Å². The van der Waals surface area contributed by atoms with Crippen LogP contribution in [-0.2, 0) is 0 Å². The summed E-state index contributed by atoms with van der Waals surface area (Å²) in [6.07, 6.45) is 2.10. The van der Waals surface area contributed by atoms with E-state index in [1.807, 2.05) is 24.3 Å². The summed E-state index contributed by atoms with van der Waals surface area (Å²) in [7, 11) is 1.68. The van der Waals surface area contributed by atoms with Crippen molar-refractivity contribution < 1.29 is 4.74 Å². The summed E-state index contributed by atoms with van der Waals surface area (Å²) in [6, 6.07) is 8.03. The third-order valence-corrected chi connectivity index (χ3v) is 2.14. The third kappa shape index (κ3) is 3.20. The molecule has 0 fully saturated rings. The Bertz CT molecular complexity index is 265. The number of hydrogen-bond donors (Lipinski definition) is 1. The quantitative estimate of drug-likeness (QED) is 0.838. The molecule has 1 aromatic carbocycles. The highest BCUT2D eigenvalue weighted by atomic mass is 35.5. The molecular formula is C11H18ClNO. The Hall–Kier alpha value is -0.730. The molecule has 0 amide bonds. The first-order valence-electron chi connectivity index (χ1n) is 4.68. The summed E-state index contributed by atoms with van der Waals surface area (Å²) >= 11 is 0. The van der Waals surface area contributed by atoms with Gasteiger partial charge in [-0.15, -0.1) is 12.4 Å². The lowest BCUT2D eigenvalue weighted by atomic mass is 10.0. The number of nitrogens with two attached hydrogens (primary N) is 1. The van der Waals surface area contributed by atoms with Gasteiger partial charge in [-0.25, -0.2) is 0 Å². The predicted octanol–water partition coefficient (Wildman–Crippen LogP) is 2.92. The fourth-order valence-electron chi connectivity index (χ4n) is 1.44. The van der Waals surface area contributed by atoms with Crippen molar-refractivity contribution in [2.45, 2.75) is 25.8 Å². The summed E-state index contributed by atoms with van der Waals surface area (Å²) < 4.78 is 5.23. The zero-order valence-corrected chi connectivity index (χ0v) is 9.51. The summed E-state index contributed by atoms with van der Waals surface area (Å²) in [6.45, 7) is 2.13. The monoisotopic (exact) mass is 215 g/mol. The molecule has 1 aromatic rings. The Morgan fingerprint density at radius 1 is 1.36 bits per heavy atom. The Morgan fingerprint density at radius 3 is 2.57 bits per heavy atom. The van der Waals surface area contributed by atoms with Crippen LogP contribution in [-0.4, -0.2) is 7.11 Å². The minimum Gasteiger partial charge on any atom is -0.496 e. The minimum atomic E-state index is 0. The number of hydrogen-bond acceptors (Lipinski definition) is 2. The molecule has 0 saturated heterocycles. The van der Waals surface area contributed by atoms with Gasteiger partial charge in [0.1, 0.15) is 5.75 Å². The molecule has 80 valence electrons. The Balaban J connectivity index is 0.00000169. The molecule has 2 N–H and O–H groups in total. The standard InChI is InChI=1S/C11H17NO.ClH/c1-3-6-10(12)9-7-4-5-8-11(9)13-2;/h4-5,7-8,10H,3,6,12H2,1-2H3;1H. The topological polar surface area (TPSA) is 35.2 Å². The second-order valence-corrected chi connectivity index (χ2v) is 3.14. The molecule has 0 bridgehead atoms. The van der Waals surface area contributed by atoms with Crippen LogP contribution in [0.5, 0.6) is 5.75 Å². The maximum Gasteiger partial charge on any atom is 0.123 e. The van der Waals surface area contributed by atoms with E-state index in [4.69, 9.17) is 10.5 Å². The highest BCUT2D eigenvalue weighted by Crippen LogP contribution is 2.25. The van der Waals surface area contributed by atoms with E-state index in [-0.39, 0.29) is 18.4 Å². The molecule has 3 heteroatoms. The number of halogens is 1. The van der Waals surface area contributed by atoms with E-state index in [9.17, 15) is 0 Å². The first-order valence-corrected chi connectivity index (χ1v) is 4.68. The molecule has 1 rings (SSSR count). The molecule has 1 unspecified atom stereocenters. The molecule has 0 aromatic heterocycles. The summed E-state index contributed by atoms with van der Waals surface area (Å²) in [4.78, 5) is 0. The molecule has 1 atom stereocenters. The molecule has 0 spiro atoms. The van der Waals surface area contributed by atoms with Crippen molar-refractivity contribution >= 4 is 12.4 Å². The van der Waals surface area contributed by atoms with Crippen LogP contribution in [0.15, 0.2) is 24.3 Å². The van der Waals surface area contributed by atoms with Gasteiger partial charge in [0, 0.05) is 11.6 Å². The van der Waals surface area contributed by atoms with Gasteiger partial charge in [0.15, 0.2) is 0 Å². The number of ether oxygens (including phenoxy) is 1. The van der Waals surface area contributed by atoms with Gasteiger partial charge in [-0.1, -0.05) is 31.5 Å². The van der Waals surface area contributed by atoms with Gasteiger partial charge in [-0.2, -0.15) is 0 Å². The van der Waals surface area contributed by atoms with Gasteiger partial charge in [0.25, 0.3) is 0 Å². The van der Waals surface area contributed by atoms with Crippen molar-refractivity contribution in [1.82, 2.24) is 0 Å². The number of para-hydroxylation sites is 1. The van der Waals surface area contributed by atoms with Crippen LogP contribution >= 0.6 is 12.4 Å². The van der Waals surface area contributed by atoms with E-state index in [2.05, 4.69) is 6.92 Å². The van der Waals surface area contributed by atoms with E-state index >= 15 is 0 Å². The Morgan fingerprint density at radius 2 is 2.00 bits per heavy atom. The van der Waals surface area contributed by atoms with Crippen LogP contribution in [0.2, 0.25) is 0 Å². The fraction of sp³-hybridized carbons (Fsp3) is 0.455. The molecular weight excluding hydrogens is 198 g/mol. The molecule has 14 heavy (non-hydrogen) atoms. The third-order valence-electron chi connectivity index (χ3n) is 2.14. The number of rotatable bonds is 4. The molecule has 0 aliphatic rings. The fourth-order valence-corrected chi connectivity index (χ4v) is 1.44. The van der Waals surface area contributed by atoms with E-state index in [1.165, 1.54) is 0 Å². The predicted molar refractivity (Wildman–Crippen MR) is 62.1 cm³/mol. The van der Waals surface area contributed by atoms with E-state index in [0.717, 1.165) is 24.2 Å². The van der Waals surface area contributed by atoms with Crippen molar-refractivity contribution in [3.63, 3.8) is 0 Å². The maximum absolute atomic E-state index is 6.00. The minimum absolute atomic E-state index is 0. The van der Waals surface area contributed by atoms with Gasteiger partial charge in [0.2, 0.25) is 0 Å². The summed E-state index contributed by atoms with van der Waals surface area (Å²) in [5.74, 6) is 0.892. The lowest BCUT2D eigenvalue weighted by Crippen LogP contribution is -2.10. The average Bonchev–Trinajstić information content (AvgIpc) is 2.18. The van der Waals surface area contributed by atoms with E-state index in [0.29, 0.717) is 0 Å². The van der Waals surface area contributed by atoms with Gasteiger partial charge < -0.3 is 10.5 Å². The van der Waals surface area contributed by atoms with E-state index < -0.39 is 0 Å². The number of benzene rings is 1. The molecule has 0 radical (unpaired) electrons. The lowest BCUT2D eigenvalue weighted by molar-refractivity contribution is 0.404. The van der Waals surface area contributed by atoms with Gasteiger partial charge >= 0.3 is 0 Å². The van der Waals surface area contributed by atoms with Crippen LogP contribution in [0.25, 0.3) is 0 Å². The number of methoxy groups -OCH3 is 1. The Labute approximate surface area is 91.9 Å². The van der Waals surface area contributed by atoms with Crippen molar-refractivity contribution in [3.05, 3.63) is 29.8 Å². The SMILES string of the molecule is CCCC(N)c1ccccc1OC.Cl. The van der Waals surface area contributed by atoms with Crippen LogP contribution in [0.1, 0.15) is 31.4 Å². The van der Waals surface area contributed by atoms with Crippen molar-refractivity contribution in [2.24, 2.45) is 5.73 Å². The van der Waals surface area contributed by atoms with Crippen LogP contribution in [0.3, 0.4) is 0 Å². The lowest BCUT2D eigenvalue weighted by Gasteiger charge is -2.14. The summed E-state index contributed by atoms with van der Waals surface area (Å²) in [5.41, 5.74) is 7.11. The van der Waals surface area contributed by atoms with Crippen LogP contribution in [0, 0.1) is 0 Å². The van der Waals surface area contributed by atoms with Gasteiger partial charge in [-0.05, 0) is 12.5 Å². The largest absolute Gasteiger partial charge is 0.496 e. The zero-order chi connectivity index (χ0) is 9.68. The highest BCUT2D eigenvalue weighted by molar-refractivity contribution is 5.85. The van der Waals surface area contributed by atoms with Crippen molar-refractivity contribution in [1.29, 1.82) is 0 Å². The van der Waals surface area contributed by atoms with Gasteiger partial charge in [-0.3, -0.25) is 0 Å². The molecule has 0 aliphatic carbocycles. The molecule has 0 aliphatic heterocycles. The zero-order valence-electron chi connectivity index (χ0n) is 8.69. The average molecular weight is 216 g/mol. The summed E-state index contributed by atoms with van der Waals surface area (Å²) in [5, 5.41) is 0. The second kappa shape index (κ2) is 6.68. The smallest absolute Gasteiger partial charge is 0.123 e. The first-order chi connectivity index (χ1) is 6.29. The second-order valence-electron chi connectivity index (χ2n) is 3.14. The normalized spacial score (nSPS) is 11.6. The first kappa shape index (κ1) is 13.3. The van der Waals surface area contributed by atoms with Crippen LogP contribution in [0.4, 0.5) is 0 Å². The molecule has 2 nitrogen and oxygen atoms in total. The molecule has 0 saturated carbocycles. The van der Waals surface area contributed by atoms with Crippen molar-refractivity contribution in [2.75, 3.05) is 7.11 Å². The van der Waals surface area contributed by atoms with Crippen LogP contribution < -0.4 is 10.5 Å².